The molecule has 0 amide bonds. The number of rotatable bonds is 4. The Morgan fingerprint density at radius 3 is 2.26 bits per heavy atom. The highest BCUT2D eigenvalue weighted by molar-refractivity contribution is 5.95. The van der Waals surface area contributed by atoms with Crippen LogP contribution >= 0.6 is 0 Å². The van der Waals surface area contributed by atoms with Crippen molar-refractivity contribution in [3.05, 3.63) is 52.3 Å². The molecular weight excluding hydrogens is 338 g/mol. The van der Waals surface area contributed by atoms with Gasteiger partial charge in [0.25, 0.3) is 0 Å². The molecule has 3 rings (SSSR count). The first-order chi connectivity index (χ1) is 12.5. The molecule has 2 N–H and O–H groups in total. The fourth-order valence-electron chi connectivity index (χ4n) is 3.47. The molecule has 1 unspecified atom stereocenters. The van der Waals surface area contributed by atoms with Gasteiger partial charge < -0.3 is 9.84 Å². The molecule has 1 atom stereocenters. The number of aliphatic imine (C=N–C) groups is 1. The third kappa shape index (κ3) is 3.93. The van der Waals surface area contributed by atoms with Crippen molar-refractivity contribution in [2.24, 2.45) is 4.99 Å². The molecule has 1 aromatic heterocycles. The van der Waals surface area contributed by atoms with Crippen LogP contribution in [0.1, 0.15) is 88.6 Å². The summed E-state index contributed by atoms with van der Waals surface area (Å²) in [6.45, 7) is 15.4. The zero-order valence-corrected chi connectivity index (χ0v) is 17.4. The highest BCUT2D eigenvalue weighted by atomic mass is 16.5. The van der Waals surface area contributed by atoms with Crippen LogP contribution in [0.5, 0.6) is 0 Å². The fraction of sp³-hybridized carbons (Fsp3) is 0.545. The molecule has 1 aliphatic rings. The monoisotopic (exact) mass is 369 g/mol. The Kier molecular flexibility index (Phi) is 4.93. The molecule has 1 aliphatic heterocycles. The van der Waals surface area contributed by atoms with E-state index in [2.05, 4.69) is 63.7 Å². The molecule has 5 heteroatoms. The molecule has 2 aromatic rings. The van der Waals surface area contributed by atoms with E-state index in [-0.39, 0.29) is 11.0 Å². The zero-order valence-electron chi connectivity index (χ0n) is 17.4. The minimum absolute atomic E-state index is 0.110. The summed E-state index contributed by atoms with van der Waals surface area (Å²) in [6, 6.07) is 7.75. The van der Waals surface area contributed by atoms with E-state index in [0.29, 0.717) is 24.1 Å². The second kappa shape index (κ2) is 6.79. The standard InChI is InChI=1S/C22H31N3O2/c1-13(2)17-16(21(3,4)5)18(25-24-17)19(26)14-8-10-15(11-9-14)20-23-22(6,7)12-27-20/h8-11,13,19,26H,12H2,1-7H3,(H,24,25). The fourth-order valence-corrected chi connectivity index (χ4v) is 3.47. The minimum atomic E-state index is -0.778. The van der Waals surface area contributed by atoms with Crippen molar-refractivity contribution in [3.63, 3.8) is 0 Å². The second-order valence-corrected chi connectivity index (χ2v) is 9.34. The number of aromatic nitrogens is 2. The maximum absolute atomic E-state index is 11.0. The lowest BCUT2D eigenvalue weighted by atomic mass is 9.81. The Balaban J connectivity index is 1.92. The summed E-state index contributed by atoms with van der Waals surface area (Å²) >= 11 is 0. The summed E-state index contributed by atoms with van der Waals surface area (Å²) in [4.78, 5) is 4.61. The van der Waals surface area contributed by atoms with Gasteiger partial charge in [0.15, 0.2) is 0 Å². The summed E-state index contributed by atoms with van der Waals surface area (Å²) in [5.74, 6) is 0.981. The van der Waals surface area contributed by atoms with E-state index in [1.807, 2.05) is 24.3 Å². The number of benzene rings is 1. The lowest BCUT2D eigenvalue weighted by molar-refractivity contribution is 0.212. The van der Waals surface area contributed by atoms with E-state index in [0.717, 1.165) is 22.4 Å². The number of aliphatic hydroxyl groups excluding tert-OH is 1. The van der Waals surface area contributed by atoms with E-state index in [9.17, 15) is 5.11 Å². The molecule has 27 heavy (non-hydrogen) atoms. The molecular formula is C22H31N3O2. The van der Waals surface area contributed by atoms with Crippen LogP contribution in [-0.4, -0.2) is 33.3 Å². The smallest absolute Gasteiger partial charge is 0.216 e. The van der Waals surface area contributed by atoms with Gasteiger partial charge in [-0.25, -0.2) is 4.99 Å². The van der Waals surface area contributed by atoms with Gasteiger partial charge in [0.1, 0.15) is 12.7 Å². The minimum Gasteiger partial charge on any atom is -0.475 e. The Bertz CT molecular complexity index is 839. The van der Waals surface area contributed by atoms with Crippen molar-refractivity contribution >= 4 is 5.90 Å². The number of nitrogens with one attached hydrogen (secondary N) is 1. The molecule has 0 radical (unpaired) electrons. The van der Waals surface area contributed by atoms with Gasteiger partial charge in [0.05, 0.1) is 11.2 Å². The average Bonchev–Trinajstić information content (AvgIpc) is 3.17. The summed E-state index contributed by atoms with van der Waals surface area (Å²) in [6.07, 6.45) is -0.778. The highest BCUT2D eigenvalue weighted by Gasteiger charge is 2.31. The van der Waals surface area contributed by atoms with Crippen molar-refractivity contribution in [2.75, 3.05) is 6.61 Å². The number of H-pyrrole nitrogens is 1. The van der Waals surface area contributed by atoms with Gasteiger partial charge >= 0.3 is 0 Å². The van der Waals surface area contributed by atoms with Crippen LogP contribution in [-0.2, 0) is 10.2 Å². The number of aliphatic hydroxyl groups is 1. The van der Waals surface area contributed by atoms with E-state index < -0.39 is 6.10 Å². The molecule has 0 saturated heterocycles. The van der Waals surface area contributed by atoms with Crippen LogP contribution in [0.25, 0.3) is 0 Å². The molecule has 0 fully saturated rings. The van der Waals surface area contributed by atoms with Crippen LogP contribution in [0, 0.1) is 0 Å². The lowest BCUT2D eigenvalue weighted by Gasteiger charge is -2.24. The van der Waals surface area contributed by atoms with Crippen molar-refractivity contribution in [3.8, 4) is 0 Å². The summed E-state index contributed by atoms with van der Waals surface area (Å²) < 4.78 is 5.70. The summed E-state index contributed by atoms with van der Waals surface area (Å²) in [5, 5.41) is 18.6. The highest BCUT2D eigenvalue weighted by Crippen LogP contribution is 2.36. The summed E-state index contributed by atoms with van der Waals surface area (Å²) in [7, 11) is 0. The Labute approximate surface area is 161 Å². The van der Waals surface area contributed by atoms with Crippen LogP contribution in [0.4, 0.5) is 0 Å². The van der Waals surface area contributed by atoms with Crippen LogP contribution in [0.2, 0.25) is 0 Å². The molecule has 0 aliphatic carbocycles. The van der Waals surface area contributed by atoms with Gasteiger partial charge in [-0.15, -0.1) is 0 Å². The second-order valence-electron chi connectivity index (χ2n) is 9.34. The van der Waals surface area contributed by atoms with Gasteiger partial charge in [-0.2, -0.15) is 5.10 Å². The first-order valence-electron chi connectivity index (χ1n) is 9.59. The van der Waals surface area contributed by atoms with E-state index in [1.54, 1.807) is 0 Å². The quantitative estimate of drug-likeness (QED) is 0.835. The van der Waals surface area contributed by atoms with E-state index in [4.69, 9.17) is 4.74 Å². The van der Waals surface area contributed by atoms with Gasteiger partial charge in [-0.1, -0.05) is 46.8 Å². The van der Waals surface area contributed by atoms with Gasteiger partial charge in [-0.3, -0.25) is 5.10 Å². The predicted molar refractivity (Wildman–Crippen MR) is 108 cm³/mol. The van der Waals surface area contributed by atoms with Crippen molar-refractivity contribution in [2.45, 2.75) is 71.4 Å². The molecule has 5 nitrogen and oxygen atoms in total. The largest absolute Gasteiger partial charge is 0.475 e. The average molecular weight is 370 g/mol. The third-order valence-electron chi connectivity index (χ3n) is 4.85. The maximum atomic E-state index is 11.0. The van der Waals surface area contributed by atoms with E-state index in [1.165, 1.54) is 0 Å². The van der Waals surface area contributed by atoms with Crippen LogP contribution < -0.4 is 0 Å². The normalized spacial score (nSPS) is 17.7. The SMILES string of the molecule is CC(C)c1[nH]nc(C(O)c2ccc(C3=NC(C)(C)CO3)cc2)c1C(C)(C)C. The number of nitrogens with zero attached hydrogens (tertiary/aromatic N) is 2. The Hall–Kier alpha value is -2.14. The molecule has 0 spiro atoms. The van der Waals surface area contributed by atoms with Gasteiger partial charge in [0, 0.05) is 16.8 Å². The molecule has 0 saturated carbocycles. The lowest BCUT2D eigenvalue weighted by Crippen LogP contribution is -2.18. The Morgan fingerprint density at radius 2 is 1.78 bits per heavy atom. The molecule has 0 bridgehead atoms. The van der Waals surface area contributed by atoms with Crippen molar-refractivity contribution < 1.29 is 9.84 Å². The van der Waals surface area contributed by atoms with Crippen LogP contribution in [0.3, 0.4) is 0 Å². The van der Waals surface area contributed by atoms with Crippen LogP contribution in [0.15, 0.2) is 29.3 Å². The molecule has 146 valence electrons. The topological polar surface area (TPSA) is 70.5 Å². The third-order valence-corrected chi connectivity index (χ3v) is 4.85. The van der Waals surface area contributed by atoms with Gasteiger partial charge in [0.2, 0.25) is 5.90 Å². The first kappa shape index (κ1) is 19.6. The van der Waals surface area contributed by atoms with Crippen molar-refractivity contribution in [1.82, 2.24) is 10.2 Å². The number of hydrogen-bond acceptors (Lipinski definition) is 4. The maximum Gasteiger partial charge on any atom is 0.216 e. The zero-order chi connectivity index (χ0) is 20.0. The number of ether oxygens (including phenoxy) is 1. The molecule has 1 aromatic carbocycles. The number of hydrogen-bond donors (Lipinski definition) is 2. The molecule has 2 heterocycles. The summed E-state index contributed by atoms with van der Waals surface area (Å²) in [5.41, 5.74) is 4.33. The van der Waals surface area contributed by atoms with Crippen molar-refractivity contribution in [1.29, 1.82) is 0 Å². The number of aromatic amines is 1. The predicted octanol–water partition coefficient (Wildman–Crippen LogP) is 4.47. The first-order valence-corrected chi connectivity index (χ1v) is 9.59. The van der Waals surface area contributed by atoms with Gasteiger partial charge in [-0.05, 0) is 42.9 Å². The van der Waals surface area contributed by atoms with E-state index >= 15 is 0 Å². The Morgan fingerprint density at radius 1 is 1.15 bits per heavy atom.